The molecule has 1 amide bonds. The molecule has 2 aliphatic rings. The van der Waals surface area contributed by atoms with Crippen LogP contribution in [0.2, 0.25) is 0 Å². The summed E-state index contributed by atoms with van der Waals surface area (Å²) in [5.74, 6) is 1.67. The lowest BCUT2D eigenvalue weighted by Crippen LogP contribution is -2.40. The van der Waals surface area contributed by atoms with E-state index in [0.29, 0.717) is 31.5 Å². The van der Waals surface area contributed by atoms with Gasteiger partial charge in [-0.15, -0.1) is 0 Å². The molecule has 1 aliphatic heterocycles. The van der Waals surface area contributed by atoms with E-state index in [2.05, 4.69) is 34.6 Å². The third-order valence-corrected chi connectivity index (χ3v) is 5.15. The van der Waals surface area contributed by atoms with Gasteiger partial charge >= 0.3 is 0 Å². The van der Waals surface area contributed by atoms with Crippen molar-refractivity contribution in [1.82, 2.24) is 15.5 Å². The van der Waals surface area contributed by atoms with Crippen molar-refractivity contribution in [2.24, 2.45) is 10.9 Å². The molecule has 0 radical (unpaired) electrons. The van der Waals surface area contributed by atoms with Crippen molar-refractivity contribution < 1.29 is 9.53 Å². The minimum absolute atomic E-state index is 0.166. The summed E-state index contributed by atoms with van der Waals surface area (Å²) in [5, 5.41) is 6.42. The SMILES string of the molecule is CCNC(=NCCCC(=O)NC1CC1)N1CCC(COCc2ccccc2)C1. The summed E-state index contributed by atoms with van der Waals surface area (Å²) in [5.41, 5.74) is 1.22. The predicted molar refractivity (Wildman–Crippen MR) is 112 cm³/mol. The van der Waals surface area contributed by atoms with E-state index in [0.717, 1.165) is 57.9 Å². The summed E-state index contributed by atoms with van der Waals surface area (Å²) in [6.07, 6.45) is 4.77. The number of nitrogens with zero attached hydrogens (tertiary/aromatic N) is 2. The Morgan fingerprint density at radius 2 is 2.07 bits per heavy atom. The minimum atomic E-state index is 0.166. The number of ether oxygens (including phenoxy) is 1. The highest BCUT2D eigenvalue weighted by atomic mass is 16.5. The molecule has 6 heteroatoms. The number of nitrogens with one attached hydrogen (secondary N) is 2. The van der Waals surface area contributed by atoms with E-state index in [1.165, 1.54) is 5.56 Å². The van der Waals surface area contributed by atoms with E-state index in [4.69, 9.17) is 9.73 Å². The van der Waals surface area contributed by atoms with Crippen LogP contribution in [-0.4, -0.2) is 55.6 Å². The van der Waals surface area contributed by atoms with E-state index >= 15 is 0 Å². The second-order valence-electron chi connectivity index (χ2n) is 7.78. The molecule has 1 heterocycles. The highest BCUT2D eigenvalue weighted by Crippen LogP contribution is 2.19. The van der Waals surface area contributed by atoms with Gasteiger partial charge in [0.05, 0.1) is 13.2 Å². The molecule has 1 aliphatic carbocycles. The number of hydrogen-bond donors (Lipinski definition) is 2. The molecule has 2 fully saturated rings. The van der Waals surface area contributed by atoms with Crippen LogP contribution in [0.4, 0.5) is 0 Å². The number of amides is 1. The maximum atomic E-state index is 11.8. The van der Waals surface area contributed by atoms with Crippen molar-refractivity contribution >= 4 is 11.9 Å². The molecule has 1 unspecified atom stereocenters. The molecule has 28 heavy (non-hydrogen) atoms. The van der Waals surface area contributed by atoms with E-state index in [-0.39, 0.29) is 5.91 Å². The summed E-state index contributed by atoms with van der Waals surface area (Å²) in [4.78, 5) is 18.8. The fourth-order valence-electron chi connectivity index (χ4n) is 3.46. The Labute approximate surface area is 168 Å². The van der Waals surface area contributed by atoms with E-state index in [1.807, 2.05) is 18.2 Å². The van der Waals surface area contributed by atoms with Crippen LogP contribution in [0.5, 0.6) is 0 Å². The van der Waals surface area contributed by atoms with Crippen LogP contribution in [0.1, 0.15) is 44.6 Å². The van der Waals surface area contributed by atoms with Gasteiger partial charge in [0.1, 0.15) is 0 Å². The molecule has 1 saturated carbocycles. The number of aliphatic imine (C=N–C) groups is 1. The fourth-order valence-corrected chi connectivity index (χ4v) is 3.46. The van der Waals surface area contributed by atoms with E-state index in [1.54, 1.807) is 0 Å². The largest absolute Gasteiger partial charge is 0.376 e. The molecular weight excluding hydrogens is 352 g/mol. The molecule has 0 aromatic heterocycles. The molecule has 1 aromatic carbocycles. The number of hydrogen-bond acceptors (Lipinski definition) is 3. The van der Waals surface area contributed by atoms with Crippen molar-refractivity contribution in [3.8, 4) is 0 Å². The summed E-state index contributed by atoms with van der Waals surface area (Å²) in [6.45, 7) is 7.07. The monoisotopic (exact) mass is 386 g/mol. The molecule has 0 spiro atoms. The van der Waals surface area contributed by atoms with Crippen molar-refractivity contribution in [3.05, 3.63) is 35.9 Å². The lowest BCUT2D eigenvalue weighted by Gasteiger charge is -2.21. The fraction of sp³-hybridized carbons (Fsp3) is 0.636. The highest BCUT2D eigenvalue weighted by molar-refractivity contribution is 5.80. The first-order chi connectivity index (χ1) is 13.7. The highest BCUT2D eigenvalue weighted by Gasteiger charge is 2.25. The van der Waals surface area contributed by atoms with E-state index < -0.39 is 0 Å². The molecule has 2 N–H and O–H groups in total. The molecule has 154 valence electrons. The first-order valence-corrected chi connectivity index (χ1v) is 10.7. The van der Waals surface area contributed by atoms with Gasteiger partial charge in [-0.2, -0.15) is 0 Å². The van der Waals surface area contributed by atoms with Crippen molar-refractivity contribution in [1.29, 1.82) is 0 Å². The van der Waals surface area contributed by atoms with Gasteiger partial charge in [-0.3, -0.25) is 9.79 Å². The second kappa shape index (κ2) is 11.1. The zero-order chi connectivity index (χ0) is 19.6. The molecule has 1 aromatic rings. The van der Waals surface area contributed by atoms with Gasteiger partial charge in [0.25, 0.3) is 0 Å². The minimum Gasteiger partial charge on any atom is -0.376 e. The van der Waals surface area contributed by atoms with E-state index in [9.17, 15) is 4.79 Å². The van der Waals surface area contributed by atoms with Crippen molar-refractivity contribution in [2.45, 2.75) is 51.7 Å². The van der Waals surface area contributed by atoms with Crippen LogP contribution in [0, 0.1) is 5.92 Å². The Morgan fingerprint density at radius 1 is 1.25 bits per heavy atom. The standard InChI is InChI=1S/C22H34N4O2/c1-2-23-22(24-13-6-9-21(27)25-20-10-11-20)26-14-12-19(15-26)17-28-16-18-7-4-3-5-8-18/h3-5,7-8,19-20H,2,6,9-17H2,1H3,(H,23,24)(H,25,27). The molecule has 1 atom stereocenters. The maximum Gasteiger partial charge on any atom is 0.220 e. The normalized spacial score (nSPS) is 19.7. The first-order valence-electron chi connectivity index (χ1n) is 10.7. The Kier molecular flexibility index (Phi) is 8.15. The first kappa shape index (κ1) is 20.6. The summed E-state index contributed by atoms with van der Waals surface area (Å²) in [7, 11) is 0. The quantitative estimate of drug-likeness (QED) is 0.368. The smallest absolute Gasteiger partial charge is 0.220 e. The third kappa shape index (κ3) is 7.15. The van der Waals surface area contributed by atoms with Crippen LogP contribution in [0.3, 0.4) is 0 Å². The van der Waals surface area contributed by atoms with Gasteiger partial charge in [-0.05, 0) is 38.2 Å². The molecule has 6 nitrogen and oxygen atoms in total. The zero-order valence-corrected chi connectivity index (χ0v) is 17.0. The van der Waals surface area contributed by atoms with Gasteiger partial charge in [0.15, 0.2) is 5.96 Å². The van der Waals surface area contributed by atoms with Crippen molar-refractivity contribution in [2.75, 3.05) is 32.8 Å². The Bertz CT molecular complexity index is 631. The lowest BCUT2D eigenvalue weighted by molar-refractivity contribution is -0.121. The van der Waals surface area contributed by atoms with Crippen LogP contribution >= 0.6 is 0 Å². The topological polar surface area (TPSA) is 66.0 Å². The van der Waals surface area contributed by atoms with Crippen LogP contribution in [0.25, 0.3) is 0 Å². The third-order valence-electron chi connectivity index (χ3n) is 5.15. The van der Waals surface area contributed by atoms with Gasteiger partial charge < -0.3 is 20.3 Å². The molecule has 0 bridgehead atoms. The number of benzene rings is 1. The Hall–Kier alpha value is -2.08. The number of likely N-dealkylation sites (tertiary alicyclic amines) is 1. The molecular formula is C22H34N4O2. The average molecular weight is 387 g/mol. The lowest BCUT2D eigenvalue weighted by atomic mass is 10.1. The van der Waals surface area contributed by atoms with Gasteiger partial charge in [0, 0.05) is 44.6 Å². The van der Waals surface area contributed by atoms with Gasteiger partial charge in [-0.25, -0.2) is 0 Å². The van der Waals surface area contributed by atoms with Crippen LogP contribution < -0.4 is 10.6 Å². The average Bonchev–Trinajstić information content (AvgIpc) is 3.39. The summed E-state index contributed by atoms with van der Waals surface area (Å²) >= 11 is 0. The number of carbonyl (C=O) groups excluding carboxylic acids is 1. The second-order valence-corrected chi connectivity index (χ2v) is 7.78. The number of carbonyl (C=O) groups is 1. The Morgan fingerprint density at radius 3 is 2.82 bits per heavy atom. The maximum absolute atomic E-state index is 11.8. The zero-order valence-electron chi connectivity index (χ0n) is 17.0. The summed E-state index contributed by atoms with van der Waals surface area (Å²) < 4.78 is 5.92. The molecule has 1 saturated heterocycles. The van der Waals surface area contributed by atoms with Crippen molar-refractivity contribution in [3.63, 3.8) is 0 Å². The number of guanidine groups is 1. The predicted octanol–water partition coefficient (Wildman–Crippen LogP) is 2.55. The summed E-state index contributed by atoms with van der Waals surface area (Å²) in [6, 6.07) is 10.8. The van der Waals surface area contributed by atoms with Gasteiger partial charge in [-0.1, -0.05) is 30.3 Å². The van der Waals surface area contributed by atoms with Crippen LogP contribution in [-0.2, 0) is 16.1 Å². The van der Waals surface area contributed by atoms with Gasteiger partial charge in [0.2, 0.25) is 5.91 Å². The van der Waals surface area contributed by atoms with Crippen LogP contribution in [0.15, 0.2) is 35.3 Å². The molecule has 3 rings (SSSR count). The number of rotatable bonds is 10. The Balaban J connectivity index is 1.36.